The molecule has 0 atom stereocenters. The van der Waals surface area contributed by atoms with Crippen LogP contribution in [0.5, 0.6) is 0 Å². The molecule has 18 heavy (non-hydrogen) atoms. The number of carbonyl (C=O) groups is 1. The number of carbonyl (C=O) groups excluding carboxylic acids is 1. The lowest BCUT2D eigenvalue weighted by atomic mass is 10.1. The molecule has 2 aromatic rings. The van der Waals surface area contributed by atoms with Gasteiger partial charge >= 0.3 is 0 Å². The molecule has 2 nitrogen and oxygen atoms in total. The number of benzene rings is 1. The van der Waals surface area contributed by atoms with Gasteiger partial charge in [0.1, 0.15) is 0 Å². The van der Waals surface area contributed by atoms with Crippen molar-refractivity contribution < 1.29 is 4.79 Å². The molecule has 94 valence electrons. The largest absolute Gasteiger partial charge is 0.351 e. The number of nitrogens with one attached hydrogen (secondary N) is 1. The van der Waals surface area contributed by atoms with Crippen LogP contribution < -0.4 is 5.32 Å². The third-order valence-corrected chi connectivity index (χ3v) is 4.23. The molecule has 0 fully saturated rings. The van der Waals surface area contributed by atoms with Crippen LogP contribution in [0.3, 0.4) is 0 Å². The normalized spacial score (nSPS) is 10.3. The molecular weight excluding hydrogens is 310 g/mol. The SMILES string of the molecule is Cc1cccc(CC(=O)NCc2cc(Br)cs2)c1. The van der Waals surface area contributed by atoms with Crippen molar-refractivity contribution in [3.63, 3.8) is 0 Å². The molecule has 0 saturated carbocycles. The first kappa shape index (κ1) is 13.3. The van der Waals surface area contributed by atoms with Crippen LogP contribution >= 0.6 is 27.3 Å². The highest BCUT2D eigenvalue weighted by Gasteiger charge is 2.04. The topological polar surface area (TPSA) is 29.1 Å². The standard InChI is InChI=1S/C14H14BrNOS/c1-10-3-2-4-11(5-10)6-14(17)16-8-13-7-12(15)9-18-13/h2-5,7,9H,6,8H2,1H3,(H,16,17). The maximum absolute atomic E-state index is 11.8. The number of hydrogen-bond acceptors (Lipinski definition) is 2. The van der Waals surface area contributed by atoms with Crippen LogP contribution in [0.4, 0.5) is 0 Å². The summed E-state index contributed by atoms with van der Waals surface area (Å²) in [7, 11) is 0. The molecule has 1 aromatic heterocycles. The summed E-state index contributed by atoms with van der Waals surface area (Å²) < 4.78 is 1.07. The molecule has 1 N–H and O–H groups in total. The first-order chi connectivity index (χ1) is 8.63. The second kappa shape index (κ2) is 6.16. The number of hydrogen-bond donors (Lipinski definition) is 1. The fraction of sp³-hybridized carbons (Fsp3) is 0.214. The van der Waals surface area contributed by atoms with Crippen molar-refractivity contribution in [2.45, 2.75) is 19.9 Å². The monoisotopic (exact) mass is 323 g/mol. The summed E-state index contributed by atoms with van der Waals surface area (Å²) in [6.07, 6.45) is 0.439. The molecule has 0 aliphatic rings. The van der Waals surface area contributed by atoms with Crippen LogP contribution in [0, 0.1) is 6.92 Å². The van der Waals surface area contributed by atoms with Gasteiger partial charge in [-0.2, -0.15) is 0 Å². The Bertz CT molecular complexity index is 550. The Morgan fingerprint density at radius 2 is 2.22 bits per heavy atom. The summed E-state index contributed by atoms with van der Waals surface area (Å²) in [5.41, 5.74) is 2.24. The van der Waals surface area contributed by atoms with Crippen LogP contribution in [0.1, 0.15) is 16.0 Å². The lowest BCUT2D eigenvalue weighted by Crippen LogP contribution is -2.24. The summed E-state index contributed by atoms with van der Waals surface area (Å²) in [6, 6.07) is 10.1. The van der Waals surface area contributed by atoms with Gasteiger partial charge in [0.2, 0.25) is 5.91 Å². The second-order valence-electron chi connectivity index (χ2n) is 4.17. The summed E-state index contributed by atoms with van der Waals surface area (Å²) in [5, 5.41) is 4.95. The Kier molecular flexibility index (Phi) is 4.55. The van der Waals surface area contributed by atoms with Gasteiger partial charge in [0.05, 0.1) is 13.0 Å². The maximum atomic E-state index is 11.8. The summed E-state index contributed by atoms with van der Waals surface area (Å²) in [5.74, 6) is 0.0603. The molecule has 1 amide bonds. The van der Waals surface area contributed by atoms with Crippen molar-refractivity contribution in [3.05, 3.63) is 56.2 Å². The third kappa shape index (κ3) is 3.96. The van der Waals surface area contributed by atoms with Crippen molar-refractivity contribution in [3.8, 4) is 0 Å². The van der Waals surface area contributed by atoms with E-state index in [1.54, 1.807) is 11.3 Å². The Morgan fingerprint density at radius 1 is 1.39 bits per heavy atom. The van der Waals surface area contributed by atoms with Crippen LogP contribution in [-0.4, -0.2) is 5.91 Å². The lowest BCUT2D eigenvalue weighted by molar-refractivity contribution is -0.120. The van der Waals surface area contributed by atoms with E-state index in [4.69, 9.17) is 0 Å². The highest BCUT2D eigenvalue weighted by atomic mass is 79.9. The number of aryl methyl sites for hydroxylation is 1. The van der Waals surface area contributed by atoms with Gasteiger partial charge in [-0.1, -0.05) is 29.8 Å². The van der Waals surface area contributed by atoms with E-state index in [1.165, 1.54) is 5.56 Å². The zero-order chi connectivity index (χ0) is 13.0. The van der Waals surface area contributed by atoms with E-state index in [-0.39, 0.29) is 5.91 Å². The fourth-order valence-corrected chi connectivity index (χ4v) is 3.09. The van der Waals surface area contributed by atoms with E-state index in [0.717, 1.165) is 14.9 Å². The second-order valence-corrected chi connectivity index (χ2v) is 6.09. The lowest BCUT2D eigenvalue weighted by Gasteiger charge is -2.04. The van der Waals surface area contributed by atoms with Crippen LogP contribution in [0.25, 0.3) is 0 Å². The van der Waals surface area contributed by atoms with E-state index in [1.807, 2.05) is 42.6 Å². The van der Waals surface area contributed by atoms with Gasteiger partial charge in [0.25, 0.3) is 0 Å². The van der Waals surface area contributed by atoms with Gasteiger partial charge in [0.15, 0.2) is 0 Å². The van der Waals surface area contributed by atoms with Crippen LogP contribution in [0.15, 0.2) is 40.2 Å². The molecule has 0 radical (unpaired) electrons. The minimum Gasteiger partial charge on any atom is -0.351 e. The van der Waals surface area contributed by atoms with Gasteiger partial charge in [0, 0.05) is 14.7 Å². The van der Waals surface area contributed by atoms with Gasteiger partial charge in [-0.3, -0.25) is 4.79 Å². The average Bonchev–Trinajstić information content (AvgIpc) is 2.73. The predicted molar refractivity (Wildman–Crippen MR) is 78.7 cm³/mol. The molecule has 1 heterocycles. The van der Waals surface area contributed by atoms with E-state index in [2.05, 4.69) is 21.2 Å². The highest BCUT2D eigenvalue weighted by molar-refractivity contribution is 9.10. The third-order valence-electron chi connectivity index (χ3n) is 2.53. The minimum absolute atomic E-state index is 0.0603. The average molecular weight is 324 g/mol. The van der Waals surface area contributed by atoms with E-state index in [9.17, 15) is 4.79 Å². The zero-order valence-electron chi connectivity index (χ0n) is 10.1. The Morgan fingerprint density at radius 3 is 2.89 bits per heavy atom. The van der Waals surface area contributed by atoms with Crippen molar-refractivity contribution >= 4 is 33.2 Å². The number of rotatable bonds is 4. The van der Waals surface area contributed by atoms with Crippen molar-refractivity contribution in [2.24, 2.45) is 0 Å². The van der Waals surface area contributed by atoms with E-state index < -0.39 is 0 Å². The van der Waals surface area contributed by atoms with Gasteiger partial charge in [-0.15, -0.1) is 11.3 Å². The number of amides is 1. The van der Waals surface area contributed by atoms with E-state index in [0.29, 0.717) is 13.0 Å². The van der Waals surface area contributed by atoms with Crippen molar-refractivity contribution in [1.82, 2.24) is 5.32 Å². The fourth-order valence-electron chi connectivity index (χ4n) is 1.70. The Balaban J connectivity index is 1.85. The van der Waals surface area contributed by atoms with Crippen LogP contribution in [0.2, 0.25) is 0 Å². The smallest absolute Gasteiger partial charge is 0.224 e. The number of thiophene rings is 1. The predicted octanol–water partition coefficient (Wildman–Crippen LogP) is 3.68. The van der Waals surface area contributed by atoms with Gasteiger partial charge in [-0.25, -0.2) is 0 Å². The maximum Gasteiger partial charge on any atom is 0.224 e. The Hall–Kier alpha value is -1.13. The van der Waals surface area contributed by atoms with E-state index >= 15 is 0 Å². The first-order valence-corrected chi connectivity index (χ1v) is 7.36. The summed E-state index contributed by atoms with van der Waals surface area (Å²) >= 11 is 5.04. The van der Waals surface area contributed by atoms with Crippen molar-refractivity contribution in [2.75, 3.05) is 0 Å². The minimum atomic E-state index is 0.0603. The quantitative estimate of drug-likeness (QED) is 0.913. The molecule has 1 aromatic carbocycles. The zero-order valence-corrected chi connectivity index (χ0v) is 12.5. The van der Waals surface area contributed by atoms with Crippen molar-refractivity contribution in [1.29, 1.82) is 0 Å². The summed E-state index contributed by atoms with van der Waals surface area (Å²) in [6.45, 7) is 2.63. The Labute approximate surface area is 119 Å². The molecule has 0 saturated heterocycles. The molecule has 0 bridgehead atoms. The highest BCUT2D eigenvalue weighted by Crippen LogP contribution is 2.19. The molecule has 0 unspecified atom stereocenters. The summed E-state index contributed by atoms with van der Waals surface area (Å²) in [4.78, 5) is 12.9. The number of halogens is 1. The molecule has 0 aliphatic carbocycles. The molecule has 0 spiro atoms. The van der Waals surface area contributed by atoms with Crippen LogP contribution in [-0.2, 0) is 17.8 Å². The molecule has 0 aliphatic heterocycles. The first-order valence-electron chi connectivity index (χ1n) is 5.68. The molecule has 2 rings (SSSR count). The van der Waals surface area contributed by atoms with Gasteiger partial charge in [-0.05, 0) is 34.5 Å². The molecule has 4 heteroatoms. The van der Waals surface area contributed by atoms with Gasteiger partial charge < -0.3 is 5.32 Å². The molecular formula is C14H14BrNOS.